The zero-order valence-electron chi connectivity index (χ0n) is 18.4. The van der Waals surface area contributed by atoms with E-state index >= 15 is 0 Å². The van der Waals surface area contributed by atoms with Gasteiger partial charge in [-0.3, -0.25) is 19.2 Å². The molecule has 1 aromatic rings. The molecule has 4 atom stereocenters. The number of rotatable bonds is 13. The smallest absolute Gasteiger partial charge is 0.326 e. The van der Waals surface area contributed by atoms with Gasteiger partial charge in [-0.25, -0.2) is 4.79 Å². The van der Waals surface area contributed by atoms with Gasteiger partial charge in [-0.1, -0.05) is 44.2 Å². The molecule has 1 rings (SSSR count). The van der Waals surface area contributed by atoms with Crippen LogP contribution in [-0.2, 0) is 30.4 Å². The Morgan fingerprint density at radius 1 is 0.879 bits per heavy atom. The van der Waals surface area contributed by atoms with Gasteiger partial charge in [-0.05, 0) is 11.5 Å². The second-order valence-electron chi connectivity index (χ2n) is 7.77. The van der Waals surface area contributed by atoms with Crippen LogP contribution < -0.4 is 21.7 Å². The van der Waals surface area contributed by atoms with Crippen LogP contribution in [0.15, 0.2) is 30.3 Å². The second-order valence-corrected chi connectivity index (χ2v) is 7.77. The van der Waals surface area contributed by atoms with Gasteiger partial charge in [0.15, 0.2) is 0 Å². The summed E-state index contributed by atoms with van der Waals surface area (Å²) in [6, 6.07) is 3.41. The van der Waals surface area contributed by atoms with E-state index in [1.165, 1.54) is 0 Å². The van der Waals surface area contributed by atoms with E-state index in [-0.39, 0.29) is 6.42 Å². The van der Waals surface area contributed by atoms with Gasteiger partial charge in [0.25, 0.3) is 0 Å². The highest BCUT2D eigenvalue weighted by molar-refractivity contribution is 5.94. The summed E-state index contributed by atoms with van der Waals surface area (Å²) >= 11 is 0. The summed E-state index contributed by atoms with van der Waals surface area (Å²) in [6.45, 7) is 2.57. The maximum absolute atomic E-state index is 13.0. The van der Waals surface area contributed by atoms with Gasteiger partial charge in [0.2, 0.25) is 17.7 Å². The number of hydrogen-bond donors (Lipinski definition) is 7. The van der Waals surface area contributed by atoms with Gasteiger partial charge in [-0.15, -0.1) is 0 Å². The van der Waals surface area contributed by atoms with E-state index in [1.54, 1.807) is 44.2 Å². The van der Waals surface area contributed by atoms with Crippen LogP contribution in [0.4, 0.5) is 0 Å². The van der Waals surface area contributed by atoms with Crippen molar-refractivity contribution in [1.82, 2.24) is 16.0 Å². The van der Waals surface area contributed by atoms with Crippen molar-refractivity contribution < 1.29 is 39.3 Å². The number of nitrogens with two attached hydrogens (primary N) is 1. The number of carboxylic acids is 2. The number of benzene rings is 1. The largest absolute Gasteiger partial charge is 0.481 e. The lowest BCUT2D eigenvalue weighted by atomic mass is 10.00. The predicted octanol–water partition coefficient (Wildman–Crippen LogP) is -1.78. The average molecular weight is 466 g/mol. The first kappa shape index (κ1) is 27.5. The molecule has 0 aliphatic rings. The summed E-state index contributed by atoms with van der Waals surface area (Å²) in [7, 11) is 0. The zero-order valence-corrected chi connectivity index (χ0v) is 18.4. The molecule has 0 aromatic heterocycles. The van der Waals surface area contributed by atoms with Gasteiger partial charge in [0, 0.05) is 6.42 Å². The maximum atomic E-state index is 13.0. The Morgan fingerprint density at radius 2 is 1.45 bits per heavy atom. The minimum absolute atomic E-state index is 0.0553. The molecule has 0 spiro atoms. The number of amides is 3. The monoisotopic (exact) mass is 466 g/mol. The fraction of sp³-hybridized carbons (Fsp3) is 0.476. The molecular weight excluding hydrogens is 436 g/mol. The van der Waals surface area contributed by atoms with Crippen LogP contribution in [0.1, 0.15) is 25.8 Å². The van der Waals surface area contributed by atoms with Gasteiger partial charge in [0.1, 0.15) is 24.2 Å². The molecule has 0 aliphatic heterocycles. The number of nitrogens with one attached hydrogen (secondary N) is 3. The van der Waals surface area contributed by atoms with Crippen LogP contribution in [0.2, 0.25) is 0 Å². The number of aliphatic carboxylic acids is 2. The SMILES string of the molecule is CC(C)C(NC(=O)C(Cc1ccccc1)NC(=O)C(N)CO)C(=O)NC(CC(=O)O)C(=O)O. The lowest BCUT2D eigenvalue weighted by Crippen LogP contribution is -2.59. The average Bonchev–Trinajstić information content (AvgIpc) is 2.75. The predicted molar refractivity (Wildman–Crippen MR) is 116 cm³/mol. The minimum atomic E-state index is -1.68. The molecule has 12 nitrogen and oxygen atoms in total. The summed E-state index contributed by atoms with van der Waals surface area (Å²) in [6.07, 6.45) is -0.786. The van der Waals surface area contributed by atoms with E-state index in [4.69, 9.17) is 21.1 Å². The molecule has 12 heteroatoms. The molecule has 0 bridgehead atoms. The number of carboxylic acid groups (broad SMARTS) is 2. The van der Waals surface area contributed by atoms with Crippen LogP contribution in [0.25, 0.3) is 0 Å². The molecule has 0 radical (unpaired) electrons. The molecule has 33 heavy (non-hydrogen) atoms. The van der Waals surface area contributed by atoms with Crippen LogP contribution >= 0.6 is 0 Å². The van der Waals surface area contributed by atoms with E-state index in [0.29, 0.717) is 5.56 Å². The second kappa shape index (κ2) is 13.1. The van der Waals surface area contributed by atoms with Crippen molar-refractivity contribution in [3.05, 3.63) is 35.9 Å². The Hall–Kier alpha value is -3.51. The Labute approximate surface area is 190 Å². The van der Waals surface area contributed by atoms with Crippen molar-refractivity contribution in [2.75, 3.05) is 6.61 Å². The van der Waals surface area contributed by atoms with Crippen molar-refractivity contribution in [1.29, 1.82) is 0 Å². The normalized spacial score (nSPS) is 14.5. The molecule has 0 saturated heterocycles. The standard InChI is InChI=1S/C21H30N4O8/c1-11(2)17(20(31)24-15(21(32)33)9-16(27)28)25-19(30)14(23-18(29)13(22)10-26)8-12-6-4-3-5-7-12/h3-7,11,13-15,17,26H,8-10,22H2,1-2H3,(H,23,29)(H,24,31)(H,25,30)(H,27,28)(H,32,33). The van der Waals surface area contributed by atoms with Gasteiger partial charge < -0.3 is 37.0 Å². The molecule has 0 fully saturated rings. The summed E-state index contributed by atoms with van der Waals surface area (Å²) in [5.41, 5.74) is 6.22. The highest BCUT2D eigenvalue weighted by Gasteiger charge is 2.32. The number of aliphatic hydroxyl groups excluding tert-OH is 1. The van der Waals surface area contributed by atoms with E-state index in [9.17, 15) is 24.0 Å². The van der Waals surface area contributed by atoms with Gasteiger partial charge in [-0.2, -0.15) is 0 Å². The lowest BCUT2D eigenvalue weighted by Gasteiger charge is -2.27. The van der Waals surface area contributed by atoms with Gasteiger partial charge >= 0.3 is 11.9 Å². The zero-order chi connectivity index (χ0) is 25.1. The topological polar surface area (TPSA) is 208 Å². The summed E-state index contributed by atoms with van der Waals surface area (Å²) < 4.78 is 0. The number of hydrogen-bond acceptors (Lipinski definition) is 7. The first-order chi connectivity index (χ1) is 15.5. The first-order valence-corrected chi connectivity index (χ1v) is 10.2. The van der Waals surface area contributed by atoms with Crippen molar-refractivity contribution in [3.63, 3.8) is 0 Å². The Kier molecular flexibility index (Phi) is 11.0. The van der Waals surface area contributed by atoms with Gasteiger partial charge in [0.05, 0.1) is 13.0 Å². The number of carbonyl (C=O) groups is 5. The third kappa shape index (κ3) is 9.25. The quantitative estimate of drug-likeness (QED) is 0.175. The molecule has 3 amide bonds. The number of aliphatic hydroxyl groups is 1. The van der Waals surface area contributed by atoms with E-state index in [1.807, 2.05) is 0 Å². The molecule has 0 heterocycles. The molecule has 1 aromatic carbocycles. The molecule has 8 N–H and O–H groups in total. The fourth-order valence-corrected chi connectivity index (χ4v) is 2.85. The summed E-state index contributed by atoms with van der Waals surface area (Å²) in [5.74, 6) is -5.85. The Balaban J connectivity index is 3.05. The van der Waals surface area contributed by atoms with E-state index in [2.05, 4.69) is 16.0 Å². The van der Waals surface area contributed by atoms with Crippen LogP contribution in [-0.4, -0.2) is 75.8 Å². The third-order valence-electron chi connectivity index (χ3n) is 4.69. The Bertz CT molecular complexity index is 846. The first-order valence-electron chi connectivity index (χ1n) is 10.2. The maximum Gasteiger partial charge on any atom is 0.326 e. The van der Waals surface area contributed by atoms with Crippen LogP contribution in [0, 0.1) is 5.92 Å². The van der Waals surface area contributed by atoms with Crippen molar-refractivity contribution >= 4 is 29.7 Å². The molecule has 4 unspecified atom stereocenters. The van der Waals surface area contributed by atoms with Crippen LogP contribution in [0.5, 0.6) is 0 Å². The van der Waals surface area contributed by atoms with Crippen molar-refractivity contribution in [2.24, 2.45) is 11.7 Å². The summed E-state index contributed by atoms with van der Waals surface area (Å²) in [4.78, 5) is 60.0. The lowest BCUT2D eigenvalue weighted by molar-refractivity contribution is -0.147. The minimum Gasteiger partial charge on any atom is -0.481 e. The summed E-state index contributed by atoms with van der Waals surface area (Å²) in [5, 5.41) is 34.2. The van der Waals surface area contributed by atoms with E-state index < -0.39 is 72.8 Å². The van der Waals surface area contributed by atoms with Crippen LogP contribution in [0.3, 0.4) is 0 Å². The third-order valence-corrected chi connectivity index (χ3v) is 4.69. The highest BCUT2D eigenvalue weighted by Crippen LogP contribution is 2.08. The van der Waals surface area contributed by atoms with Crippen molar-refractivity contribution in [3.8, 4) is 0 Å². The molecule has 182 valence electrons. The highest BCUT2D eigenvalue weighted by atomic mass is 16.4. The molecule has 0 saturated carbocycles. The number of carbonyl (C=O) groups excluding carboxylic acids is 3. The Morgan fingerprint density at radius 3 is 1.94 bits per heavy atom. The van der Waals surface area contributed by atoms with Crippen molar-refractivity contribution in [2.45, 2.75) is 50.9 Å². The molecular formula is C21H30N4O8. The molecule has 0 aliphatic carbocycles. The van der Waals surface area contributed by atoms with E-state index in [0.717, 1.165) is 0 Å². The fourth-order valence-electron chi connectivity index (χ4n) is 2.85.